The second kappa shape index (κ2) is 2.57. The van der Waals surface area contributed by atoms with Crippen LogP contribution >= 0.6 is 0 Å². The highest BCUT2D eigenvalue weighted by Gasteiger charge is 2.11. The molecule has 2 aromatic heterocycles. The van der Waals surface area contributed by atoms with Gasteiger partial charge in [0, 0.05) is 25.2 Å². The lowest BCUT2D eigenvalue weighted by Crippen LogP contribution is -2.37. The zero-order valence-electron chi connectivity index (χ0n) is 11.4. The Morgan fingerprint density at radius 2 is 2.29 bits per heavy atom. The van der Waals surface area contributed by atoms with Crippen LogP contribution in [0, 0.1) is 0 Å². The van der Waals surface area contributed by atoms with E-state index in [4.69, 9.17) is 5.48 Å². The number of aryl methyl sites for hydroxylation is 2. The summed E-state index contributed by atoms with van der Waals surface area (Å²) in [6, 6.07) is 0. The third-order valence-electron chi connectivity index (χ3n) is 2.00. The van der Waals surface area contributed by atoms with E-state index in [1.54, 1.807) is 0 Å². The zero-order valence-corrected chi connectivity index (χ0v) is 7.39. The summed E-state index contributed by atoms with van der Waals surface area (Å²) in [4.78, 5) is 27.3. The van der Waals surface area contributed by atoms with E-state index in [-0.39, 0.29) is 11.2 Å². The minimum absolute atomic E-state index is 0.132. The molecule has 14 heavy (non-hydrogen) atoms. The highest BCUT2D eigenvalue weighted by molar-refractivity contribution is 5.69. The molecule has 0 aliphatic rings. The van der Waals surface area contributed by atoms with Gasteiger partial charge in [-0.15, -0.1) is 0 Å². The van der Waals surface area contributed by atoms with Crippen molar-refractivity contribution in [2.75, 3.05) is 0 Å². The maximum absolute atomic E-state index is 11.9. The number of aromatic nitrogens is 4. The van der Waals surface area contributed by atoms with Crippen LogP contribution in [0.15, 0.2) is 15.9 Å². The van der Waals surface area contributed by atoms with Gasteiger partial charge in [0.05, 0.1) is 6.30 Å². The Labute approximate surface area is 84.6 Å². The molecule has 0 aliphatic carbocycles. The molecule has 0 fully saturated rings. The smallest absolute Gasteiger partial charge is 0.328 e. The topological polar surface area (TPSA) is 61.8 Å². The van der Waals surface area contributed by atoms with Crippen LogP contribution in [0.5, 0.6) is 0 Å². The molecular formula is C8H10N4O2. The third kappa shape index (κ3) is 0.876. The maximum atomic E-state index is 11.9. The molecule has 0 aliphatic heterocycles. The molecule has 6 heteroatoms. The third-order valence-corrected chi connectivity index (χ3v) is 2.00. The van der Waals surface area contributed by atoms with E-state index >= 15 is 0 Å². The van der Waals surface area contributed by atoms with Gasteiger partial charge in [-0.3, -0.25) is 13.9 Å². The first kappa shape index (κ1) is 5.14. The highest BCUT2D eigenvalue weighted by atomic mass is 16.2. The fourth-order valence-electron chi connectivity index (χ4n) is 1.22. The van der Waals surface area contributed by atoms with Crippen molar-refractivity contribution in [2.24, 2.45) is 21.1 Å². The molecule has 0 saturated heterocycles. The SMILES string of the molecule is [2H]Cn1c(=O)n(C)c(=O)c2c1nc([2H])n2C([2H])[2H]. The van der Waals surface area contributed by atoms with Crippen molar-refractivity contribution in [3.63, 3.8) is 0 Å². The van der Waals surface area contributed by atoms with Crippen LogP contribution in [0.2, 0.25) is 0 Å². The van der Waals surface area contributed by atoms with Crippen molar-refractivity contribution in [3.8, 4) is 0 Å². The fourth-order valence-corrected chi connectivity index (χ4v) is 1.22. The van der Waals surface area contributed by atoms with Crippen molar-refractivity contribution in [3.05, 3.63) is 27.1 Å². The molecule has 0 bridgehead atoms. The Balaban J connectivity index is 3.11. The number of fused-ring (bicyclic) bond motifs is 1. The quantitative estimate of drug-likeness (QED) is 0.544. The van der Waals surface area contributed by atoms with Crippen LogP contribution in [0.3, 0.4) is 0 Å². The van der Waals surface area contributed by atoms with Gasteiger partial charge in [-0.25, -0.2) is 9.78 Å². The lowest BCUT2D eigenvalue weighted by Gasteiger charge is -2.02. The molecule has 2 aromatic rings. The van der Waals surface area contributed by atoms with E-state index in [1.165, 1.54) is 7.05 Å². The summed E-state index contributed by atoms with van der Waals surface area (Å²) in [7, 11) is 0.778. The van der Waals surface area contributed by atoms with Crippen molar-refractivity contribution >= 4 is 11.2 Å². The standard InChI is InChI=1S/C8H10N4O2/c1-10-4-9-6-5(10)7(13)12(3)8(14)11(6)2/h4H,1-3H3/i1D2,2D,4D. The van der Waals surface area contributed by atoms with E-state index < -0.39 is 31.6 Å². The van der Waals surface area contributed by atoms with Gasteiger partial charge in [-0.1, -0.05) is 0 Å². The van der Waals surface area contributed by atoms with Crippen LogP contribution in [-0.2, 0) is 21.1 Å². The summed E-state index contributed by atoms with van der Waals surface area (Å²) in [5.74, 6) is 0. The second-order valence-electron chi connectivity index (χ2n) is 2.83. The molecule has 0 radical (unpaired) electrons. The monoisotopic (exact) mass is 198 g/mol. The lowest BCUT2D eigenvalue weighted by atomic mass is 10.5. The number of hydrogen-bond acceptors (Lipinski definition) is 3. The molecule has 0 N–H and O–H groups in total. The molecule has 6 nitrogen and oxygen atoms in total. The van der Waals surface area contributed by atoms with E-state index in [9.17, 15) is 9.59 Å². The molecule has 74 valence electrons. The second-order valence-corrected chi connectivity index (χ2v) is 2.83. The first-order valence-corrected chi connectivity index (χ1v) is 3.72. The van der Waals surface area contributed by atoms with Crippen LogP contribution in [0.25, 0.3) is 11.2 Å². The predicted octanol–water partition coefficient (Wildman–Crippen LogP) is -1.03. The van der Waals surface area contributed by atoms with Crippen molar-refractivity contribution in [2.45, 2.75) is 0 Å². The van der Waals surface area contributed by atoms with Gasteiger partial charge in [-0.05, 0) is 0 Å². The van der Waals surface area contributed by atoms with Crippen molar-refractivity contribution < 1.29 is 5.48 Å². The van der Waals surface area contributed by atoms with Crippen LogP contribution < -0.4 is 11.2 Å². The molecule has 0 saturated carbocycles. The molecule has 2 rings (SSSR count). The van der Waals surface area contributed by atoms with Gasteiger partial charge in [0.15, 0.2) is 11.2 Å². The van der Waals surface area contributed by atoms with Gasteiger partial charge in [0.2, 0.25) is 0 Å². The van der Waals surface area contributed by atoms with Gasteiger partial charge < -0.3 is 4.57 Å². The van der Waals surface area contributed by atoms with Crippen LogP contribution in [0.4, 0.5) is 0 Å². The molecular weight excluding hydrogens is 184 g/mol. The summed E-state index contributed by atoms with van der Waals surface area (Å²) in [5, 5.41) is 0. The molecule has 0 unspecified atom stereocenters. The van der Waals surface area contributed by atoms with E-state index in [1.807, 2.05) is 0 Å². The van der Waals surface area contributed by atoms with Gasteiger partial charge >= 0.3 is 5.69 Å². The summed E-state index contributed by atoms with van der Waals surface area (Å²) in [6.45, 7) is -1.62. The van der Waals surface area contributed by atoms with E-state index in [0.717, 1.165) is 13.7 Å². The number of imidazole rings is 1. The Bertz CT molecular complexity index is 729. The Hall–Kier alpha value is -1.85. The Morgan fingerprint density at radius 1 is 1.50 bits per heavy atom. The van der Waals surface area contributed by atoms with Gasteiger partial charge in [0.25, 0.3) is 5.56 Å². The highest BCUT2D eigenvalue weighted by Crippen LogP contribution is 2.01. The minimum atomic E-state index is -1.62. The van der Waals surface area contributed by atoms with Gasteiger partial charge in [-0.2, -0.15) is 0 Å². The molecule has 0 spiro atoms. The Kier molecular flexibility index (Phi) is 0.942. The number of rotatable bonds is 0. The largest absolute Gasteiger partial charge is 0.332 e. The van der Waals surface area contributed by atoms with Gasteiger partial charge in [0.1, 0.15) is 1.37 Å². The maximum Gasteiger partial charge on any atom is 0.332 e. The summed E-state index contributed by atoms with van der Waals surface area (Å²) >= 11 is 0. The number of hydrogen-bond donors (Lipinski definition) is 0. The summed E-state index contributed by atoms with van der Waals surface area (Å²) in [6.07, 6.45) is -0.454. The average molecular weight is 198 g/mol. The minimum Gasteiger partial charge on any atom is -0.328 e. The fraction of sp³-hybridized carbons (Fsp3) is 0.375. The van der Waals surface area contributed by atoms with Crippen LogP contribution in [-0.4, -0.2) is 18.7 Å². The predicted molar refractivity (Wildman–Crippen MR) is 51.2 cm³/mol. The normalized spacial score (nSPS) is 15.3. The molecule has 0 aromatic carbocycles. The average Bonchev–Trinajstić information content (AvgIpc) is 2.64. The Morgan fingerprint density at radius 3 is 2.93 bits per heavy atom. The number of nitrogens with zero attached hydrogens (tertiary/aromatic N) is 4. The van der Waals surface area contributed by atoms with Crippen LogP contribution in [0.1, 0.15) is 5.48 Å². The molecule has 0 atom stereocenters. The summed E-state index contributed by atoms with van der Waals surface area (Å²) in [5.41, 5.74) is -1.74. The van der Waals surface area contributed by atoms with Crippen molar-refractivity contribution in [1.82, 2.24) is 18.7 Å². The van der Waals surface area contributed by atoms with E-state index in [2.05, 4.69) is 4.98 Å². The molecule has 2 heterocycles. The molecule has 0 amide bonds. The van der Waals surface area contributed by atoms with Crippen molar-refractivity contribution in [1.29, 1.82) is 0 Å². The van der Waals surface area contributed by atoms with E-state index in [0.29, 0.717) is 0 Å². The first-order chi connectivity index (χ1) is 8.40. The first-order valence-electron chi connectivity index (χ1n) is 6.08. The summed E-state index contributed by atoms with van der Waals surface area (Å²) < 4.78 is 31.9. The zero-order chi connectivity index (χ0) is 13.6. The lowest BCUT2D eigenvalue weighted by molar-refractivity contribution is 0.705.